The molecule has 0 bridgehead atoms. The van der Waals surface area contributed by atoms with Gasteiger partial charge in [0.1, 0.15) is 5.75 Å². The molecule has 3 nitrogen and oxygen atoms in total. The first-order chi connectivity index (χ1) is 14.5. The Morgan fingerprint density at radius 2 is 1.77 bits per heavy atom. The smallest absolute Gasteiger partial charge is 0.406 e. The molecule has 2 fully saturated rings. The molecule has 2 aromatic carbocycles. The molecule has 0 spiro atoms. The maximum atomic E-state index is 12.4. The Labute approximate surface area is 173 Å². The van der Waals surface area contributed by atoms with Crippen LogP contribution in [0.5, 0.6) is 5.75 Å². The number of hydrogen-bond donors (Lipinski definition) is 0. The van der Waals surface area contributed by atoms with Crippen LogP contribution in [0.4, 0.5) is 13.2 Å². The van der Waals surface area contributed by atoms with Crippen LogP contribution >= 0.6 is 0 Å². The summed E-state index contributed by atoms with van der Waals surface area (Å²) in [7, 11) is 0. The number of rotatable bonds is 6. The topological polar surface area (TPSA) is 25.4 Å². The molecule has 0 amide bonds. The predicted molar refractivity (Wildman–Crippen MR) is 109 cm³/mol. The van der Waals surface area contributed by atoms with Gasteiger partial charge in [-0.15, -0.1) is 13.2 Å². The molecule has 30 heavy (non-hydrogen) atoms. The zero-order valence-corrected chi connectivity index (χ0v) is 16.5. The first-order valence-corrected chi connectivity index (χ1v) is 10.4. The molecule has 3 aromatic rings. The monoisotopic (exact) mass is 412 g/mol. The summed E-state index contributed by atoms with van der Waals surface area (Å²) in [6, 6.07) is 16.8. The molecule has 5 rings (SSSR count). The number of aryl methyl sites for hydroxylation is 1. The Balaban J connectivity index is 1.14. The molecule has 1 aromatic heterocycles. The van der Waals surface area contributed by atoms with Crippen molar-refractivity contribution < 1.29 is 17.9 Å². The van der Waals surface area contributed by atoms with Crippen molar-refractivity contribution in [2.24, 2.45) is 17.8 Å². The van der Waals surface area contributed by atoms with Crippen LogP contribution in [-0.4, -0.2) is 29.3 Å². The highest BCUT2D eigenvalue weighted by atomic mass is 19.4. The number of pyridine rings is 1. The summed E-state index contributed by atoms with van der Waals surface area (Å²) in [4.78, 5) is 7.06. The Morgan fingerprint density at radius 3 is 2.57 bits per heavy atom. The third-order valence-corrected chi connectivity index (χ3v) is 6.46. The lowest BCUT2D eigenvalue weighted by molar-refractivity contribution is -0.274. The Bertz CT molecular complexity index is 1030. The molecule has 2 aliphatic rings. The fourth-order valence-electron chi connectivity index (χ4n) is 5.06. The summed E-state index contributed by atoms with van der Waals surface area (Å²) >= 11 is 0. The minimum absolute atomic E-state index is 0.133. The van der Waals surface area contributed by atoms with Gasteiger partial charge < -0.3 is 4.74 Å². The Kier molecular flexibility index (Phi) is 4.89. The summed E-state index contributed by atoms with van der Waals surface area (Å²) < 4.78 is 41.2. The zero-order valence-electron chi connectivity index (χ0n) is 16.5. The lowest BCUT2D eigenvalue weighted by Crippen LogP contribution is -2.24. The van der Waals surface area contributed by atoms with Gasteiger partial charge in [-0.1, -0.05) is 36.4 Å². The molecule has 1 saturated carbocycles. The van der Waals surface area contributed by atoms with Gasteiger partial charge in [-0.2, -0.15) is 0 Å². The molecular weight excluding hydrogens is 389 g/mol. The van der Waals surface area contributed by atoms with Crippen molar-refractivity contribution in [1.82, 2.24) is 9.88 Å². The van der Waals surface area contributed by atoms with Gasteiger partial charge in [-0.05, 0) is 59.9 Å². The average molecular weight is 412 g/mol. The number of fused-ring (bicyclic) bond motifs is 2. The molecule has 2 heterocycles. The van der Waals surface area contributed by atoms with Crippen molar-refractivity contribution in [3.63, 3.8) is 0 Å². The molecule has 156 valence electrons. The summed E-state index contributed by atoms with van der Waals surface area (Å²) in [6.45, 7) is 3.11. The quantitative estimate of drug-likeness (QED) is 0.539. The van der Waals surface area contributed by atoms with Gasteiger partial charge in [0.2, 0.25) is 0 Å². The summed E-state index contributed by atoms with van der Waals surface area (Å²) in [5.41, 5.74) is 3.26. The minimum atomic E-state index is -4.64. The van der Waals surface area contributed by atoms with E-state index >= 15 is 0 Å². The number of hydrogen-bond acceptors (Lipinski definition) is 3. The molecule has 6 heteroatoms. The lowest BCUT2D eigenvalue weighted by Gasteiger charge is -2.20. The molecule has 0 radical (unpaired) electrons. The maximum Gasteiger partial charge on any atom is 0.573 e. The molecule has 1 aliphatic carbocycles. The van der Waals surface area contributed by atoms with Gasteiger partial charge in [0.25, 0.3) is 0 Å². The highest BCUT2D eigenvalue weighted by Gasteiger charge is 2.54. The average Bonchev–Trinajstić information content (AvgIpc) is 3.16. The number of ether oxygens (including phenoxy) is 1. The number of likely N-dealkylation sites (tertiary alicyclic amines) is 1. The van der Waals surface area contributed by atoms with Gasteiger partial charge in [0.15, 0.2) is 0 Å². The van der Waals surface area contributed by atoms with Gasteiger partial charge >= 0.3 is 6.36 Å². The number of alkyl halides is 3. The lowest BCUT2D eigenvalue weighted by atomic mass is 10.0. The van der Waals surface area contributed by atoms with E-state index < -0.39 is 6.36 Å². The van der Waals surface area contributed by atoms with E-state index in [9.17, 15) is 13.2 Å². The van der Waals surface area contributed by atoms with Crippen LogP contribution in [0.25, 0.3) is 10.9 Å². The highest BCUT2D eigenvalue weighted by molar-refractivity contribution is 5.81. The Hall–Kier alpha value is -2.60. The van der Waals surface area contributed by atoms with Crippen LogP contribution in [-0.2, 0) is 13.0 Å². The zero-order chi connectivity index (χ0) is 20.7. The number of nitrogens with zero attached hydrogens (tertiary/aromatic N) is 2. The van der Waals surface area contributed by atoms with Crippen LogP contribution in [0.15, 0.2) is 60.8 Å². The highest BCUT2D eigenvalue weighted by Crippen LogP contribution is 2.54. The standard InChI is InChI=1S/C24H23F3N2O/c25-24(26,27)30-19-8-1-4-16(12-19)9-10-20-21-14-29(15-22(20)21)13-18-6-2-5-17-7-3-11-28-23(17)18/h1-8,11-12,20-22H,9-10,13-15H2. The first-order valence-electron chi connectivity index (χ1n) is 10.4. The second-order valence-electron chi connectivity index (χ2n) is 8.41. The van der Waals surface area contributed by atoms with Gasteiger partial charge in [0.05, 0.1) is 5.52 Å². The van der Waals surface area contributed by atoms with Crippen LogP contribution in [0.3, 0.4) is 0 Å². The number of para-hydroxylation sites is 1. The first kappa shape index (κ1) is 19.4. The van der Waals surface area contributed by atoms with E-state index in [0.717, 1.165) is 43.6 Å². The minimum Gasteiger partial charge on any atom is -0.406 e. The number of halogens is 3. The van der Waals surface area contributed by atoms with Crippen LogP contribution < -0.4 is 4.74 Å². The molecule has 0 N–H and O–H groups in total. The van der Waals surface area contributed by atoms with Crippen molar-refractivity contribution in [2.45, 2.75) is 25.7 Å². The van der Waals surface area contributed by atoms with Gasteiger partial charge in [-0.3, -0.25) is 9.88 Å². The number of piperidine rings is 1. The maximum absolute atomic E-state index is 12.4. The predicted octanol–water partition coefficient (Wildman–Crippen LogP) is 5.44. The summed E-state index contributed by atoms with van der Waals surface area (Å²) in [5, 5.41) is 1.17. The van der Waals surface area contributed by atoms with E-state index in [1.165, 1.54) is 23.1 Å². The van der Waals surface area contributed by atoms with Crippen molar-refractivity contribution in [3.05, 3.63) is 71.9 Å². The van der Waals surface area contributed by atoms with Crippen molar-refractivity contribution in [2.75, 3.05) is 13.1 Å². The van der Waals surface area contributed by atoms with E-state index in [1.54, 1.807) is 6.07 Å². The van der Waals surface area contributed by atoms with E-state index in [0.29, 0.717) is 17.8 Å². The molecule has 2 atom stereocenters. The third kappa shape index (κ3) is 4.15. The largest absolute Gasteiger partial charge is 0.573 e. The van der Waals surface area contributed by atoms with E-state index in [-0.39, 0.29) is 5.75 Å². The van der Waals surface area contributed by atoms with Crippen molar-refractivity contribution in [1.29, 1.82) is 0 Å². The second kappa shape index (κ2) is 7.58. The molecular formula is C24H23F3N2O. The normalized spacial score (nSPS) is 23.5. The fraction of sp³-hybridized carbons (Fsp3) is 0.375. The number of aromatic nitrogens is 1. The fourth-order valence-corrected chi connectivity index (χ4v) is 5.06. The van der Waals surface area contributed by atoms with Crippen LogP contribution in [0.2, 0.25) is 0 Å². The number of benzene rings is 2. The second-order valence-corrected chi connectivity index (χ2v) is 8.41. The Morgan fingerprint density at radius 1 is 1.00 bits per heavy atom. The van der Waals surface area contributed by atoms with Crippen LogP contribution in [0.1, 0.15) is 17.5 Å². The van der Waals surface area contributed by atoms with E-state index in [1.807, 2.05) is 18.3 Å². The SMILES string of the molecule is FC(F)(F)Oc1cccc(CCC2C3CN(Cc4cccc5cccnc45)CC23)c1. The molecule has 2 unspecified atom stereocenters. The molecule has 1 saturated heterocycles. The van der Waals surface area contributed by atoms with E-state index in [4.69, 9.17) is 0 Å². The van der Waals surface area contributed by atoms with Crippen LogP contribution in [0, 0.1) is 17.8 Å². The third-order valence-electron chi connectivity index (χ3n) is 6.46. The van der Waals surface area contributed by atoms with E-state index in [2.05, 4.69) is 38.9 Å². The summed E-state index contributed by atoms with van der Waals surface area (Å²) in [6.07, 6.45) is -0.984. The van der Waals surface area contributed by atoms with Crippen molar-refractivity contribution >= 4 is 10.9 Å². The summed E-state index contributed by atoms with van der Waals surface area (Å²) in [5.74, 6) is 1.97. The van der Waals surface area contributed by atoms with Gasteiger partial charge in [-0.25, -0.2) is 0 Å². The van der Waals surface area contributed by atoms with Gasteiger partial charge in [0, 0.05) is 31.2 Å². The molecule has 1 aliphatic heterocycles. The van der Waals surface area contributed by atoms with Crippen molar-refractivity contribution in [3.8, 4) is 5.75 Å².